The number of rotatable bonds is 3. The summed E-state index contributed by atoms with van der Waals surface area (Å²) in [5, 5.41) is 3.86. The molecule has 0 saturated heterocycles. The van der Waals surface area contributed by atoms with Crippen molar-refractivity contribution >= 4 is 28.4 Å². The first kappa shape index (κ1) is 25.6. The Bertz CT molecular complexity index is 2050. The maximum Gasteiger partial charge on any atom is 0.0782 e. The van der Waals surface area contributed by atoms with Crippen LogP contribution < -0.4 is 10.2 Å². The van der Waals surface area contributed by atoms with E-state index in [0.717, 1.165) is 17.1 Å². The predicted octanol–water partition coefficient (Wildman–Crippen LogP) is 11.2. The molecule has 0 unspecified atom stereocenters. The Morgan fingerprint density at radius 3 is 1.27 bits per heavy atom. The molecule has 9 rings (SSSR count). The van der Waals surface area contributed by atoms with E-state index < -0.39 is 5.41 Å². The molecule has 0 bridgehead atoms. The highest BCUT2D eigenvalue weighted by molar-refractivity contribution is 5.95. The summed E-state index contributed by atoms with van der Waals surface area (Å²) in [6.45, 7) is 0. The highest BCUT2D eigenvalue weighted by Crippen LogP contribution is 2.62. The molecule has 212 valence electrons. The molecule has 0 amide bonds. The van der Waals surface area contributed by atoms with Gasteiger partial charge in [0.1, 0.15) is 0 Å². The van der Waals surface area contributed by atoms with Crippen molar-refractivity contribution in [2.75, 3.05) is 10.2 Å². The van der Waals surface area contributed by atoms with E-state index in [4.69, 9.17) is 0 Å². The lowest BCUT2D eigenvalue weighted by atomic mass is 9.60. The summed E-state index contributed by atoms with van der Waals surface area (Å²) < 4.78 is 0. The Morgan fingerprint density at radius 2 is 0.778 bits per heavy atom. The van der Waals surface area contributed by atoms with Gasteiger partial charge in [0.05, 0.1) is 16.8 Å². The first-order valence-electron chi connectivity index (χ1n) is 15.5. The number of benzene rings is 7. The molecule has 1 spiro atoms. The monoisotopic (exact) mass is 574 g/mol. The Balaban J connectivity index is 1.42. The first-order valence-corrected chi connectivity index (χ1v) is 15.5. The molecule has 45 heavy (non-hydrogen) atoms. The lowest BCUT2D eigenvalue weighted by molar-refractivity contribution is 0.727. The third kappa shape index (κ3) is 3.82. The van der Waals surface area contributed by atoms with Crippen molar-refractivity contribution in [3.05, 3.63) is 198 Å². The van der Waals surface area contributed by atoms with Crippen LogP contribution in [0.3, 0.4) is 0 Å². The highest BCUT2D eigenvalue weighted by Gasteiger charge is 2.50. The van der Waals surface area contributed by atoms with E-state index in [9.17, 15) is 0 Å². The zero-order valence-electron chi connectivity index (χ0n) is 24.7. The number of nitrogens with zero attached hydrogens (tertiary/aromatic N) is 1. The molecule has 2 aliphatic rings. The molecule has 2 nitrogen and oxygen atoms in total. The number of hydrogen-bond donors (Lipinski definition) is 1. The van der Waals surface area contributed by atoms with Crippen LogP contribution in [0.15, 0.2) is 176 Å². The standard InChI is InChI=1S/C43H30N2/c1-4-14-30(15-5-1)32-24-26-39-37(28-32)43(38-29-33(25-27-40(38)44-39)31-16-6-2-7-17-31)35-20-10-12-22-41(35)45(34-18-8-3-9-19-34)42-23-13-11-21-36(42)43/h1-29,44H. The molecule has 2 heteroatoms. The molecule has 2 aliphatic heterocycles. The first-order chi connectivity index (χ1) is 22.3. The van der Waals surface area contributed by atoms with Gasteiger partial charge in [0, 0.05) is 17.1 Å². The highest BCUT2D eigenvalue weighted by atomic mass is 15.2. The topological polar surface area (TPSA) is 15.3 Å². The second-order valence-electron chi connectivity index (χ2n) is 11.8. The molecule has 0 atom stereocenters. The van der Waals surface area contributed by atoms with Gasteiger partial charge < -0.3 is 10.2 Å². The summed E-state index contributed by atoms with van der Waals surface area (Å²) in [5.41, 5.74) is 15.1. The van der Waals surface area contributed by atoms with Crippen LogP contribution in [0.1, 0.15) is 22.3 Å². The molecule has 0 fully saturated rings. The van der Waals surface area contributed by atoms with Crippen LogP contribution in [0.4, 0.5) is 28.4 Å². The quantitative estimate of drug-likeness (QED) is 0.226. The number of nitrogens with one attached hydrogen (secondary N) is 1. The molecule has 0 aliphatic carbocycles. The average molecular weight is 575 g/mol. The summed E-state index contributed by atoms with van der Waals surface area (Å²) in [6, 6.07) is 64.0. The molecule has 2 heterocycles. The van der Waals surface area contributed by atoms with Crippen molar-refractivity contribution in [2.24, 2.45) is 0 Å². The van der Waals surface area contributed by atoms with Crippen molar-refractivity contribution < 1.29 is 0 Å². The molecule has 0 aromatic heterocycles. The van der Waals surface area contributed by atoms with E-state index >= 15 is 0 Å². The van der Waals surface area contributed by atoms with Crippen molar-refractivity contribution in [3.8, 4) is 22.3 Å². The van der Waals surface area contributed by atoms with Crippen LogP contribution in [0, 0.1) is 0 Å². The summed E-state index contributed by atoms with van der Waals surface area (Å²) in [4.78, 5) is 2.43. The molecule has 0 saturated carbocycles. The van der Waals surface area contributed by atoms with Crippen molar-refractivity contribution in [3.63, 3.8) is 0 Å². The fourth-order valence-corrected chi connectivity index (χ4v) is 7.52. The Hall–Kier alpha value is -5.86. The third-order valence-corrected chi connectivity index (χ3v) is 9.44. The van der Waals surface area contributed by atoms with Gasteiger partial charge in [-0.25, -0.2) is 0 Å². The van der Waals surface area contributed by atoms with Crippen molar-refractivity contribution in [1.82, 2.24) is 0 Å². The van der Waals surface area contributed by atoms with Gasteiger partial charge in [0.25, 0.3) is 0 Å². The third-order valence-electron chi connectivity index (χ3n) is 9.44. The average Bonchev–Trinajstić information content (AvgIpc) is 3.12. The van der Waals surface area contributed by atoms with Gasteiger partial charge in [0.15, 0.2) is 0 Å². The molecule has 7 aromatic carbocycles. The van der Waals surface area contributed by atoms with Crippen LogP contribution in [0.25, 0.3) is 22.3 Å². The molecule has 0 radical (unpaired) electrons. The SMILES string of the molecule is c1ccc(-c2ccc3c(c2)C2(c4cc(-c5ccccc5)ccc4N3)c3ccccc3N(c3ccccc3)c3ccccc32)cc1. The van der Waals surface area contributed by atoms with E-state index in [2.05, 4.69) is 186 Å². The number of para-hydroxylation sites is 3. The predicted molar refractivity (Wildman–Crippen MR) is 187 cm³/mol. The Morgan fingerprint density at radius 1 is 0.356 bits per heavy atom. The zero-order valence-corrected chi connectivity index (χ0v) is 24.7. The minimum absolute atomic E-state index is 0.566. The summed E-state index contributed by atoms with van der Waals surface area (Å²) in [6.07, 6.45) is 0. The minimum atomic E-state index is -0.566. The van der Waals surface area contributed by atoms with Gasteiger partial charge >= 0.3 is 0 Å². The van der Waals surface area contributed by atoms with Crippen LogP contribution in [-0.4, -0.2) is 0 Å². The largest absolute Gasteiger partial charge is 0.355 e. The Labute approximate surface area is 263 Å². The normalized spacial score (nSPS) is 13.6. The molecular weight excluding hydrogens is 544 g/mol. The fourth-order valence-electron chi connectivity index (χ4n) is 7.52. The van der Waals surface area contributed by atoms with Gasteiger partial charge in [-0.1, -0.05) is 127 Å². The van der Waals surface area contributed by atoms with E-state index in [1.165, 1.54) is 55.9 Å². The van der Waals surface area contributed by atoms with Gasteiger partial charge in [-0.3, -0.25) is 0 Å². The summed E-state index contributed by atoms with van der Waals surface area (Å²) in [7, 11) is 0. The lowest BCUT2D eigenvalue weighted by Gasteiger charge is -2.49. The van der Waals surface area contributed by atoms with Crippen LogP contribution >= 0.6 is 0 Å². The second-order valence-corrected chi connectivity index (χ2v) is 11.8. The maximum absolute atomic E-state index is 3.86. The zero-order chi connectivity index (χ0) is 29.8. The number of anilines is 5. The number of fused-ring (bicyclic) bond motifs is 8. The van der Waals surface area contributed by atoms with E-state index in [-0.39, 0.29) is 0 Å². The van der Waals surface area contributed by atoms with Crippen LogP contribution in [-0.2, 0) is 5.41 Å². The van der Waals surface area contributed by atoms with Gasteiger partial charge in [-0.05, 0) is 93.0 Å². The van der Waals surface area contributed by atoms with Crippen LogP contribution in [0.2, 0.25) is 0 Å². The van der Waals surface area contributed by atoms with Crippen molar-refractivity contribution in [2.45, 2.75) is 5.41 Å². The fraction of sp³-hybridized carbons (Fsp3) is 0.0233. The molecular formula is C43H30N2. The van der Waals surface area contributed by atoms with Gasteiger partial charge in [-0.15, -0.1) is 0 Å². The molecule has 1 N–H and O–H groups in total. The smallest absolute Gasteiger partial charge is 0.0782 e. The minimum Gasteiger partial charge on any atom is -0.355 e. The maximum atomic E-state index is 3.86. The Kier molecular flexibility index (Phi) is 5.76. The van der Waals surface area contributed by atoms with E-state index in [1.807, 2.05) is 0 Å². The van der Waals surface area contributed by atoms with E-state index in [1.54, 1.807) is 0 Å². The van der Waals surface area contributed by atoms with Crippen LogP contribution in [0.5, 0.6) is 0 Å². The lowest BCUT2D eigenvalue weighted by Crippen LogP contribution is -2.40. The second kappa shape index (κ2) is 10.1. The van der Waals surface area contributed by atoms with Gasteiger partial charge in [-0.2, -0.15) is 0 Å². The van der Waals surface area contributed by atoms with Crippen molar-refractivity contribution in [1.29, 1.82) is 0 Å². The summed E-state index contributed by atoms with van der Waals surface area (Å²) in [5.74, 6) is 0. The van der Waals surface area contributed by atoms with Gasteiger partial charge in [0.2, 0.25) is 0 Å². The number of hydrogen-bond acceptors (Lipinski definition) is 2. The van der Waals surface area contributed by atoms with E-state index in [0.29, 0.717) is 0 Å². The molecule has 7 aromatic rings. The summed E-state index contributed by atoms with van der Waals surface area (Å²) >= 11 is 0.